The number of ether oxygens (including phenoxy) is 3. The molecule has 214 valence electrons. The van der Waals surface area contributed by atoms with E-state index in [9.17, 15) is 30.3 Å². The number of esters is 1. The molecule has 4 aliphatic carbocycles. The lowest BCUT2D eigenvalue weighted by atomic mass is 9.42. The highest BCUT2D eigenvalue weighted by atomic mass is 16.7. The van der Waals surface area contributed by atoms with Crippen LogP contribution in [0, 0.1) is 34.5 Å². The first-order chi connectivity index (χ1) is 17.9. The third-order valence-corrected chi connectivity index (χ3v) is 12.0. The van der Waals surface area contributed by atoms with Crippen molar-refractivity contribution in [3.8, 4) is 0 Å². The summed E-state index contributed by atoms with van der Waals surface area (Å²) in [6, 6.07) is 0. The van der Waals surface area contributed by atoms with Crippen molar-refractivity contribution in [1.82, 2.24) is 0 Å². The Morgan fingerprint density at radius 3 is 2.47 bits per heavy atom. The van der Waals surface area contributed by atoms with Gasteiger partial charge < -0.3 is 39.7 Å². The van der Waals surface area contributed by atoms with Crippen molar-refractivity contribution in [2.24, 2.45) is 34.5 Å². The van der Waals surface area contributed by atoms with Crippen LogP contribution in [0.3, 0.4) is 0 Å². The van der Waals surface area contributed by atoms with Crippen LogP contribution < -0.4 is 0 Å². The normalized spacial score (nSPS) is 56.5. The number of cyclic esters (lactones) is 1. The third-order valence-electron chi connectivity index (χ3n) is 12.0. The topological polar surface area (TPSA) is 146 Å². The number of carbonyl (C=O) groups excluding carboxylic acids is 1. The zero-order valence-electron chi connectivity index (χ0n) is 22.7. The van der Waals surface area contributed by atoms with Crippen LogP contribution in [0.1, 0.15) is 72.1 Å². The summed E-state index contributed by atoms with van der Waals surface area (Å²) in [6.07, 6.45) is 1.49. The Hall–Kier alpha value is -1.07. The molecule has 38 heavy (non-hydrogen) atoms. The van der Waals surface area contributed by atoms with E-state index in [1.165, 1.54) is 0 Å². The van der Waals surface area contributed by atoms with Crippen LogP contribution in [-0.2, 0) is 19.0 Å². The minimum Gasteiger partial charge on any atom is -0.458 e. The van der Waals surface area contributed by atoms with E-state index in [2.05, 4.69) is 13.8 Å². The lowest BCUT2D eigenvalue weighted by molar-refractivity contribution is -0.311. The van der Waals surface area contributed by atoms with Crippen molar-refractivity contribution >= 4 is 5.97 Å². The van der Waals surface area contributed by atoms with Gasteiger partial charge in [0, 0.05) is 11.5 Å². The van der Waals surface area contributed by atoms with Gasteiger partial charge in [-0.25, -0.2) is 4.79 Å². The lowest BCUT2D eigenvalue weighted by Gasteiger charge is -2.65. The second kappa shape index (κ2) is 9.23. The first kappa shape index (κ1) is 27.1. The molecule has 0 bridgehead atoms. The Kier molecular flexibility index (Phi) is 6.58. The average Bonchev–Trinajstić information content (AvgIpc) is 3.41. The molecular formula is C29H44O9. The Labute approximate surface area is 224 Å². The predicted octanol–water partition coefficient (Wildman–Crippen LogP) is 1.43. The van der Waals surface area contributed by atoms with Gasteiger partial charge >= 0.3 is 5.97 Å². The van der Waals surface area contributed by atoms with Gasteiger partial charge in [-0.15, -0.1) is 0 Å². The number of rotatable bonds is 3. The number of aliphatic hydroxyl groups is 5. The fourth-order valence-corrected chi connectivity index (χ4v) is 9.91. The molecule has 0 aromatic carbocycles. The zero-order valence-corrected chi connectivity index (χ0v) is 22.7. The first-order valence-electron chi connectivity index (χ1n) is 14.5. The van der Waals surface area contributed by atoms with E-state index in [1.54, 1.807) is 13.0 Å². The molecule has 9 nitrogen and oxygen atoms in total. The number of carbonyl (C=O) groups is 1. The van der Waals surface area contributed by atoms with Crippen molar-refractivity contribution in [3.63, 3.8) is 0 Å². The molecule has 5 fully saturated rings. The molecule has 0 aromatic heterocycles. The van der Waals surface area contributed by atoms with Crippen molar-refractivity contribution in [2.75, 3.05) is 6.61 Å². The summed E-state index contributed by atoms with van der Waals surface area (Å²) in [7, 11) is 0. The Balaban J connectivity index is 1.19. The maximum absolute atomic E-state index is 12.4. The summed E-state index contributed by atoms with van der Waals surface area (Å²) in [5.74, 6) is -0.0314. The van der Waals surface area contributed by atoms with Crippen LogP contribution in [0.15, 0.2) is 11.6 Å². The third kappa shape index (κ3) is 3.80. The van der Waals surface area contributed by atoms with Gasteiger partial charge in [-0.2, -0.15) is 0 Å². The largest absolute Gasteiger partial charge is 0.458 e. The number of aliphatic hydroxyl groups excluding tert-OH is 4. The maximum Gasteiger partial charge on any atom is 0.331 e. The van der Waals surface area contributed by atoms with Gasteiger partial charge in [-0.3, -0.25) is 0 Å². The molecule has 6 aliphatic rings. The predicted molar refractivity (Wildman–Crippen MR) is 134 cm³/mol. The van der Waals surface area contributed by atoms with Crippen LogP contribution in [0.5, 0.6) is 0 Å². The molecule has 1 saturated heterocycles. The van der Waals surface area contributed by atoms with E-state index in [0.717, 1.165) is 44.1 Å². The summed E-state index contributed by atoms with van der Waals surface area (Å²) in [4.78, 5) is 11.8. The standard InChI is InChI=1S/C29H44O9/c1-14-23(32)24(33)25(34)26(37-14)38-17-6-8-27(2)16(11-17)4-5-19-22(27)20(30)12-28(3)18(7-9-29(19,28)35)15-10-21(31)36-13-15/h10,14,16-20,22-26,30,32-35H,4-9,11-13H2,1-3H3/t14-,16+,17-,18+,19+,20+,22+,23-,24+,25+,26-,27-,28+,29-/m0/s1. The van der Waals surface area contributed by atoms with Crippen molar-refractivity contribution in [2.45, 2.75) is 121 Å². The molecule has 0 unspecified atom stereocenters. The minimum absolute atomic E-state index is 0.0143. The fraction of sp³-hybridized carbons (Fsp3) is 0.897. The molecular weight excluding hydrogens is 492 g/mol. The van der Waals surface area contributed by atoms with Gasteiger partial charge in [0.15, 0.2) is 6.29 Å². The number of fused-ring (bicyclic) bond motifs is 5. The number of hydrogen-bond acceptors (Lipinski definition) is 9. The maximum atomic E-state index is 12.4. The first-order valence-corrected chi connectivity index (χ1v) is 14.5. The van der Waals surface area contributed by atoms with E-state index in [4.69, 9.17) is 14.2 Å². The van der Waals surface area contributed by atoms with Gasteiger partial charge in [0.1, 0.15) is 24.9 Å². The Morgan fingerprint density at radius 2 is 1.76 bits per heavy atom. The molecule has 2 heterocycles. The summed E-state index contributed by atoms with van der Waals surface area (Å²) in [5.41, 5.74) is -0.607. The Bertz CT molecular complexity index is 985. The van der Waals surface area contributed by atoms with E-state index >= 15 is 0 Å². The highest BCUT2D eigenvalue weighted by Crippen LogP contribution is 2.70. The average molecular weight is 537 g/mol. The summed E-state index contributed by atoms with van der Waals surface area (Å²) in [6.45, 7) is 6.32. The highest BCUT2D eigenvalue weighted by Gasteiger charge is 2.70. The van der Waals surface area contributed by atoms with E-state index < -0.39 is 47.8 Å². The second-order valence-corrected chi connectivity index (χ2v) is 13.7. The van der Waals surface area contributed by atoms with Gasteiger partial charge in [-0.05, 0) is 93.0 Å². The molecule has 14 atom stereocenters. The van der Waals surface area contributed by atoms with Crippen LogP contribution in [0.4, 0.5) is 0 Å². The lowest BCUT2D eigenvalue weighted by Crippen LogP contribution is -2.66. The fourth-order valence-electron chi connectivity index (χ4n) is 9.91. The minimum atomic E-state index is -1.32. The summed E-state index contributed by atoms with van der Waals surface area (Å²) in [5, 5.41) is 54.7. The number of hydrogen-bond donors (Lipinski definition) is 5. The summed E-state index contributed by atoms with van der Waals surface area (Å²) < 4.78 is 17.1. The van der Waals surface area contributed by atoms with E-state index in [1.807, 2.05) is 0 Å². The van der Waals surface area contributed by atoms with Crippen molar-refractivity contribution in [1.29, 1.82) is 0 Å². The van der Waals surface area contributed by atoms with Crippen LogP contribution in [-0.4, -0.2) is 86.6 Å². The molecule has 4 saturated carbocycles. The highest BCUT2D eigenvalue weighted by molar-refractivity contribution is 5.85. The monoisotopic (exact) mass is 536 g/mol. The van der Waals surface area contributed by atoms with Gasteiger partial charge in [0.25, 0.3) is 0 Å². The molecule has 0 aromatic rings. The van der Waals surface area contributed by atoms with Gasteiger partial charge in [0.05, 0.1) is 23.9 Å². The van der Waals surface area contributed by atoms with Crippen LogP contribution in [0.25, 0.3) is 0 Å². The van der Waals surface area contributed by atoms with Crippen molar-refractivity contribution < 1.29 is 44.5 Å². The quantitative estimate of drug-likeness (QED) is 0.267. The van der Waals surface area contributed by atoms with Crippen LogP contribution >= 0.6 is 0 Å². The molecule has 6 rings (SSSR count). The molecule has 0 amide bonds. The molecule has 0 radical (unpaired) electrons. The molecule has 2 aliphatic heterocycles. The van der Waals surface area contributed by atoms with Crippen molar-refractivity contribution in [3.05, 3.63) is 11.6 Å². The van der Waals surface area contributed by atoms with Gasteiger partial charge in [0.2, 0.25) is 0 Å². The Morgan fingerprint density at radius 1 is 1.00 bits per heavy atom. The molecule has 0 spiro atoms. The smallest absolute Gasteiger partial charge is 0.331 e. The second-order valence-electron chi connectivity index (χ2n) is 13.7. The zero-order chi connectivity index (χ0) is 27.2. The van der Waals surface area contributed by atoms with Crippen LogP contribution in [0.2, 0.25) is 0 Å². The molecule has 5 N–H and O–H groups in total. The molecule has 9 heteroatoms. The summed E-state index contributed by atoms with van der Waals surface area (Å²) >= 11 is 0. The van der Waals surface area contributed by atoms with E-state index in [0.29, 0.717) is 18.8 Å². The van der Waals surface area contributed by atoms with Gasteiger partial charge in [-0.1, -0.05) is 13.8 Å². The van der Waals surface area contributed by atoms with E-state index in [-0.39, 0.29) is 41.8 Å². The SMILES string of the molecule is C[C@@H]1O[C@@H](O[C@H]2CC[C@@]3(C)[C@H](CC[C@@H]4[C@@H]3[C@H](O)C[C@]3(C)[C@@H](C5=CC(=O)OC5)CC[C@]43O)C2)[C@H](O)[C@H](O)[C@H]1O.